The summed E-state index contributed by atoms with van der Waals surface area (Å²) in [5.74, 6) is 2.52. The number of hydrogen-bond acceptors (Lipinski definition) is 4. The van der Waals surface area contributed by atoms with Gasteiger partial charge in [0.1, 0.15) is 0 Å². The van der Waals surface area contributed by atoms with Crippen LogP contribution >= 0.6 is 27.7 Å². The number of rotatable bonds is 2. The van der Waals surface area contributed by atoms with Crippen LogP contribution in [0.3, 0.4) is 0 Å². The molecule has 7 heteroatoms. The summed E-state index contributed by atoms with van der Waals surface area (Å²) in [5.41, 5.74) is 0. The van der Waals surface area contributed by atoms with Gasteiger partial charge in [0.25, 0.3) is 0 Å². The molecule has 0 bridgehead atoms. The molecule has 2 fully saturated rings. The van der Waals surface area contributed by atoms with Crippen molar-refractivity contribution in [3.63, 3.8) is 0 Å². The van der Waals surface area contributed by atoms with Crippen LogP contribution in [-0.4, -0.2) is 53.5 Å². The molecule has 2 saturated heterocycles. The monoisotopic (exact) mass is 387 g/mol. The summed E-state index contributed by atoms with van der Waals surface area (Å²) in [4.78, 5) is 20.6. The smallest absolute Gasteiger partial charge is 0.225 e. The number of anilines is 1. The molecule has 2 aliphatic heterocycles. The molecule has 22 heavy (non-hydrogen) atoms. The van der Waals surface area contributed by atoms with Crippen LogP contribution in [0.5, 0.6) is 0 Å². The number of hydrogen-bond donors (Lipinski definition) is 0. The Morgan fingerprint density at radius 2 is 1.95 bits per heavy atom. The van der Waals surface area contributed by atoms with Crippen molar-refractivity contribution in [1.29, 1.82) is 0 Å². The lowest BCUT2D eigenvalue weighted by molar-refractivity contribution is -0.135. The minimum absolute atomic E-state index is 0.0814. The maximum Gasteiger partial charge on any atom is 0.225 e. The van der Waals surface area contributed by atoms with Gasteiger partial charge in [-0.1, -0.05) is 0 Å². The number of nitrogens with zero attached hydrogens (tertiary/aromatic N) is 3. The number of thioether (sulfide) groups is 1. The summed E-state index contributed by atoms with van der Waals surface area (Å²) in [5, 5.41) is 0. The van der Waals surface area contributed by atoms with E-state index in [1.54, 1.807) is 6.20 Å². The molecule has 0 N–H and O–H groups in total. The van der Waals surface area contributed by atoms with Gasteiger partial charge in [-0.2, -0.15) is 11.8 Å². The van der Waals surface area contributed by atoms with Gasteiger partial charge in [-0.25, -0.2) is 9.37 Å². The number of piperidine rings is 1. The highest BCUT2D eigenvalue weighted by Gasteiger charge is 2.30. The molecule has 0 atom stereocenters. The Kier molecular flexibility index (Phi) is 5.23. The van der Waals surface area contributed by atoms with Crippen molar-refractivity contribution in [3.05, 3.63) is 22.6 Å². The molecule has 1 aromatic rings. The normalized spacial score (nSPS) is 20.3. The predicted octanol–water partition coefficient (Wildman–Crippen LogP) is 2.78. The number of aromatic nitrogens is 1. The Bertz CT molecular complexity index is 546. The number of halogens is 2. The van der Waals surface area contributed by atoms with Crippen LogP contribution in [0.4, 0.5) is 10.2 Å². The minimum atomic E-state index is -0.313. The Hall–Kier alpha value is -0.820. The van der Waals surface area contributed by atoms with E-state index in [0.717, 1.165) is 37.4 Å². The average Bonchev–Trinajstić information content (AvgIpc) is 2.55. The first-order valence-electron chi connectivity index (χ1n) is 7.57. The van der Waals surface area contributed by atoms with E-state index < -0.39 is 0 Å². The Morgan fingerprint density at radius 1 is 1.27 bits per heavy atom. The van der Waals surface area contributed by atoms with Crippen LogP contribution in [0, 0.1) is 11.7 Å². The van der Waals surface area contributed by atoms with Crippen molar-refractivity contribution >= 4 is 39.4 Å². The molecule has 0 aliphatic carbocycles. The van der Waals surface area contributed by atoms with E-state index in [-0.39, 0.29) is 17.6 Å². The molecular formula is C15H19BrFN3OS. The van der Waals surface area contributed by atoms with Gasteiger partial charge in [0.15, 0.2) is 11.6 Å². The Morgan fingerprint density at radius 3 is 2.59 bits per heavy atom. The highest BCUT2D eigenvalue weighted by molar-refractivity contribution is 9.10. The highest BCUT2D eigenvalue weighted by atomic mass is 79.9. The molecular weight excluding hydrogens is 369 g/mol. The van der Waals surface area contributed by atoms with Gasteiger partial charge < -0.3 is 9.80 Å². The number of pyridine rings is 1. The summed E-state index contributed by atoms with van der Waals surface area (Å²) in [7, 11) is 0. The lowest BCUT2D eigenvalue weighted by atomic mass is 9.95. The van der Waals surface area contributed by atoms with Crippen molar-refractivity contribution in [3.8, 4) is 0 Å². The molecule has 4 nitrogen and oxygen atoms in total. The van der Waals surface area contributed by atoms with Crippen LogP contribution in [-0.2, 0) is 4.79 Å². The van der Waals surface area contributed by atoms with Crippen molar-refractivity contribution in [2.75, 3.05) is 42.6 Å². The van der Waals surface area contributed by atoms with E-state index >= 15 is 0 Å². The van der Waals surface area contributed by atoms with Crippen LogP contribution < -0.4 is 4.90 Å². The average molecular weight is 388 g/mol. The Balaban J connectivity index is 1.59. The molecule has 2 aliphatic rings. The zero-order chi connectivity index (χ0) is 15.5. The third-order valence-corrected chi connectivity index (χ3v) is 5.63. The second kappa shape index (κ2) is 7.17. The van der Waals surface area contributed by atoms with Crippen LogP contribution in [0.15, 0.2) is 16.7 Å². The summed E-state index contributed by atoms with van der Waals surface area (Å²) in [6.45, 7) is 3.11. The standard InChI is InChI=1S/C15H19BrFN3OS/c16-12-9-13(17)14(18-10-12)19-3-1-11(2-4-19)15(21)20-5-7-22-8-6-20/h9-11H,1-8H2. The number of carbonyl (C=O) groups is 1. The van der Waals surface area contributed by atoms with Crippen LogP contribution in [0.2, 0.25) is 0 Å². The highest BCUT2D eigenvalue weighted by Crippen LogP contribution is 2.27. The van der Waals surface area contributed by atoms with Gasteiger partial charge in [-0.15, -0.1) is 0 Å². The van der Waals surface area contributed by atoms with Crippen molar-refractivity contribution in [2.24, 2.45) is 5.92 Å². The first kappa shape index (κ1) is 16.1. The third kappa shape index (κ3) is 3.56. The van der Waals surface area contributed by atoms with E-state index in [1.807, 2.05) is 21.6 Å². The van der Waals surface area contributed by atoms with E-state index in [1.165, 1.54) is 6.07 Å². The second-order valence-electron chi connectivity index (χ2n) is 5.66. The molecule has 0 radical (unpaired) electrons. The molecule has 1 amide bonds. The molecule has 0 saturated carbocycles. The lowest BCUT2D eigenvalue weighted by Gasteiger charge is -2.36. The predicted molar refractivity (Wildman–Crippen MR) is 90.7 cm³/mol. The fourth-order valence-corrected chi connectivity index (χ4v) is 4.23. The van der Waals surface area contributed by atoms with Gasteiger partial charge >= 0.3 is 0 Å². The summed E-state index contributed by atoms with van der Waals surface area (Å²) in [6.07, 6.45) is 3.17. The molecule has 1 aromatic heterocycles. The van der Waals surface area contributed by atoms with Crippen molar-refractivity contribution < 1.29 is 9.18 Å². The Labute approximate surface area is 142 Å². The maximum absolute atomic E-state index is 14.0. The zero-order valence-electron chi connectivity index (χ0n) is 12.3. The van der Waals surface area contributed by atoms with Crippen LogP contribution in [0.25, 0.3) is 0 Å². The fourth-order valence-electron chi connectivity index (χ4n) is 3.02. The first-order chi connectivity index (χ1) is 10.6. The summed E-state index contributed by atoms with van der Waals surface area (Å²) in [6, 6.07) is 1.44. The number of amides is 1. The molecule has 120 valence electrons. The van der Waals surface area contributed by atoms with Crippen molar-refractivity contribution in [1.82, 2.24) is 9.88 Å². The molecule has 3 rings (SSSR count). The molecule has 0 aromatic carbocycles. The maximum atomic E-state index is 14.0. The summed E-state index contributed by atoms with van der Waals surface area (Å²) < 4.78 is 14.6. The van der Waals surface area contributed by atoms with E-state index in [2.05, 4.69) is 20.9 Å². The first-order valence-corrected chi connectivity index (χ1v) is 9.52. The zero-order valence-corrected chi connectivity index (χ0v) is 14.7. The van der Waals surface area contributed by atoms with E-state index in [4.69, 9.17) is 0 Å². The minimum Gasteiger partial charge on any atom is -0.354 e. The van der Waals surface area contributed by atoms with Gasteiger partial charge in [-0.3, -0.25) is 4.79 Å². The van der Waals surface area contributed by atoms with Gasteiger partial charge in [0.2, 0.25) is 5.91 Å². The third-order valence-electron chi connectivity index (χ3n) is 4.25. The topological polar surface area (TPSA) is 36.4 Å². The summed E-state index contributed by atoms with van der Waals surface area (Å²) >= 11 is 5.13. The van der Waals surface area contributed by atoms with Gasteiger partial charge in [-0.05, 0) is 34.8 Å². The number of carbonyl (C=O) groups excluding carboxylic acids is 1. The SMILES string of the molecule is O=C(C1CCN(c2ncc(Br)cc2F)CC1)N1CCSCC1. The molecule has 0 spiro atoms. The quantitative estimate of drug-likeness (QED) is 0.781. The second-order valence-corrected chi connectivity index (χ2v) is 7.80. The van der Waals surface area contributed by atoms with Gasteiger partial charge in [0.05, 0.1) is 0 Å². The van der Waals surface area contributed by atoms with Gasteiger partial charge in [0, 0.05) is 54.3 Å². The fraction of sp³-hybridized carbons (Fsp3) is 0.600. The van der Waals surface area contributed by atoms with E-state index in [9.17, 15) is 9.18 Å². The van der Waals surface area contributed by atoms with Crippen molar-refractivity contribution in [2.45, 2.75) is 12.8 Å². The van der Waals surface area contributed by atoms with E-state index in [0.29, 0.717) is 23.4 Å². The lowest BCUT2D eigenvalue weighted by Crippen LogP contribution is -2.45. The molecule has 0 unspecified atom stereocenters. The molecule has 3 heterocycles. The largest absolute Gasteiger partial charge is 0.354 e. The van der Waals surface area contributed by atoms with Crippen LogP contribution in [0.1, 0.15) is 12.8 Å².